The Morgan fingerprint density at radius 3 is 3.00 bits per heavy atom. The number of amides is 1. The predicted octanol–water partition coefficient (Wildman–Crippen LogP) is 2.29. The zero-order valence-electron chi connectivity index (χ0n) is 10.5. The SMILES string of the molecule is CCCC(=O)Nc1c2c(cc3c1OCC3)OCC2. The van der Waals surface area contributed by atoms with Gasteiger partial charge in [0, 0.05) is 30.4 Å². The van der Waals surface area contributed by atoms with Crippen molar-refractivity contribution >= 4 is 11.6 Å². The molecule has 1 amide bonds. The maximum absolute atomic E-state index is 11.8. The Labute approximate surface area is 106 Å². The largest absolute Gasteiger partial charge is 0.493 e. The average Bonchev–Trinajstić information content (AvgIpc) is 2.96. The van der Waals surface area contributed by atoms with Gasteiger partial charge in [0.15, 0.2) is 0 Å². The summed E-state index contributed by atoms with van der Waals surface area (Å²) in [5.74, 6) is 1.81. The van der Waals surface area contributed by atoms with Crippen molar-refractivity contribution in [3.63, 3.8) is 0 Å². The highest BCUT2D eigenvalue weighted by molar-refractivity contribution is 5.94. The number of rotatable bonds is 3. The molecule has 2 heterocycles. The molecule has 0 radical (unpaired) electrons. The van der Waals surface area contributed by atoms with Gasteiger partial charge >= 0.3 is 0 Å². The van der Waals surface area contributed by atoms with E-state index in [2.05, 4.69) is 11.4 Å². The minimum Gasteiger partial charge on any atom is -0.493 e. The average molecular weight is 247 g/mol. The van der Waals surface area contributed by atoms with Gasteiger partial charge in [0.05, 0.1) is 18.9 Å². The number of nitrogens with one attached hydrogen (secondary N) is 1. The standard InChI is InChI=1S/C14H17NO3/c1-2-3-12(16)15-13-10-5-7-17-11(10)8-9-4-6-18-14(9)13/h8H,2-7H2,1H3,(H,15,16). The molecule has 0 atom stereocenters. The summed E-state index contributed by atoms with van der Waals surface area (Å²) in [6.45, 7) is 3.38. The van der Waals surface area contributed by atoms with Crippen LogP contribution in [0, 0.1) is 0 Å². The summed E-state index contributed by atoms with van der Waals surface area (Å²) < 4.78 is 11.3. The van der Waals surface area contributed by atoms with Crippen LogP contribution in [-0.4, -0.2) is 19.1 Å². The number of ether oxygens (including phenoxy) is 2. The number of hydrogen-bond donors (Lipinski definition) is 1. The lowest BCUT2D eigenvalue weighted by atomic mass is 10.0. The quantitative estimate of drug-likeness (QED) is 0.891. The molecule has 0 unspecified atom stereocenters. The lowest BCUT2D eigenvalue weighted by Crippen LogP contribution is -2.13. The van der Waals surface area contributed by atoms with Crippen LogP contribution in [0.2, 0.25) is 0 Å². The van der Waals surface area contributed by atoms with Crippen molar-refractivity contribution in [3.8, 4) is 11.5 Å². The van der Waals surface area contributed by atoms with Gasteiger partial charge < -0.3 is 14.8 Å². The number of anilines is 1. The van der Waals surface area contributed by atoms with E-state index in [-0.39, 0.29) is 5.91 Å². The molecule has 96 valence electrons. The van der Waals surface area contributed by atoms with Gasteiger partial charge in [-0.3, -0.25) is 4.79 Å². The summed E-state index contributed by atoms with van der Waals surface area (Å²) in [7, 11) is 0. The van der Waals surface area contributed by atoms with Gasteiger partial charge in [-0.1, -0.05) is 6.92 Å². The zero-order chi connectivity index (χ0) is 12.5. The normalized spacial score (nSPS) is 15.6. The number of carbonyl (C=O) groups is 1. The van der Waals surface area contributed by atoms with Crippen molar-refractivity contribution in [1.82, 2.24) is 0 Å². The molecule has 2 aliphatic rings. The first kappa shape index (κ1) is 11.4. The van der Waals surface area contributed by atoms with E-state index in [4.69, 9.17) is 9.47 Å². The van der Waals surface area contributed by atoms with E-state index in [1.54, 1.807) is 0 Å². The van der Waals surface area contributed by atoms with Crippen molar-refractivity contribution in [3.05, 3.63) is 17.2 Å². The molecule has 1 aromatic rings. The van der Waals surface area contributed by atoms with Gasteiger partial charge in [-0.15, -0.1) is 0 Å². The van der Waals surface area contributed by atoms with Crippen LogP contribution in [0.4, 0.5) is 5.69 Å². The smallest absolute Gasteiger partial charge is 0.224 e. The predicted molar refractivity (Wildman–Crippen MR) is 68.4 cm³/mol. The van der Waals surface area contributed by atoms with Crippen molar-refractivity contribution < 1.29 is 14.3 Å². The van der Waals surface area contributed by atoms with Crippen LogP contribution < -0.4 is 14.8 Å². The topological polar surface area (TPSA) is 47.6 Å². The zero-order valence-corrected chi connectivity index (χ0v) is 10.5. The molecule has 18 heavy (non-hydrogen) atoms. The molecule has 0 bridgehead atoms. The Balaban J connectivity index is 1.99. The number of carbonyl (C=O) groups excluding carboxylic acids is 1. The summed E-state index contributed by atoms with van der Waals surface area (Å²) >= 11 is 0. The molecule has 0 saturated carbocycles. The van der Waals surface area contributed by atoms with E-state index in [1.807, 2.05) is 6.92 Å². The second-order valence-electron chi connectivity index (χ2n) is 4.71. The van der Waals surface area contributed by atoms with Gasteiger partial charge in [0.1, 0.15) is 11.5 Å². The van der Waals surface area contributed by atoms with Crippen LogP contribution >= 0.6 is 0 Å². The highest BCUT2D eigenvalue weighted by atomic mass is 16.5. The first-order valence-corrected chi connectivity index (χ1v) is 6.53. The van der Waals surface area contributed by atoms with Crippen LogP contribution in [0.5, 0.6) is 11.5 Å². The first-order chi connectivity index (χ1) is 8.79. The maximum Gasteiger partial charge on any atom is 0.224 e. The molecule has 4 heteroatoms. The third-order valence-corrected chi connectivity index (χ3v) is 3.39. The Bertz CT molecular complexity index is 464. The number of hydrogen-bond acceptors (Lipinski definition) is 3. The van der Waals surface area contributed by atoms with Crippen molar-refractivity contribution in [1.29, 1.82) is 0 Å². The molecule has 1 N–H and O–H groups in total. The fraction of sp³-hybridized carbons (Fsp3) is 0.500. The highest BCUT2D eigenvalue weighted by Crippen LogP contribution is 2.44. The molecule has 2 aliphatic heterocycles. The summed E-state index contributed by atoms with van der Waals surface area (Å²) in [6.07, 6.45) is 3.12. The fourth-order valence-corrected chi connectivity index (χ4v) is 2.55. The monoisotopic (exact) mass is 247 g/mol. The van der Waals surface area contributed by atoms with Crippen LogP contribution in [-0.2, 0) is 17.6 Å². The minimum absolute atomic E-state index is 0.0514. The Hall–Kier alpha value is -1.71. The molecule has 4 nitrogen and oxygen atoms in total. The first-order valence-electron chi connectivity index (χ1n) is 6.53. The number of benzene rings is 1. The molecule has 1 aromatic carbocycles. The maximum atomic E-state index is 11.8. The van der Waals surface area contributed by atoms with E-state index in [0.29, 0.717) is 19.6 Å². The lowest BCUT2D eigenvalue weighted by molar-refractivity contribution is -0.116. The van der Waals surface area contributed by atoms with E-state index in [9.17, 15) is 4.79 Å². The van der Waals surface area contributed by atoms with Crippen LogP contribution in [0.15, 0.2) is 6.07 Å². The third kappa shape index (κ3) is 1.82. The molecule has 0 aromatic heterocycles. The summed E-state index contributed by atoms with van der Waals surface area (Å²) in [5.41, 5.74) is 3.07. The minimum atomic E-state index is 0.0514. The Morgan fingerprint density at radius 1 is 1.33 bits per heavy atom. The van der Waals surface area contributed by atoms with Gasteiger partial charge in [-0.25, -0.2) is 0 Å². The molecule has 0 saturated heterocycles. The van der Waals surface area contributed by atoms with E-state index in [1.165, 1.54) is 0 Å². The number of fused-ring (bicyclic) bond motifs is 2. The van der Waals surface area contributed by atoms with Gasteiger partial charge in [-0.2, -0.15) is 0 Å². The van der Waals surface area contributed by atoms with Crippen molar-refractivity contribution in [2.24, 2.45) is 0 Å². The summed E-state index contributed by atoms with van der Waals surface area (Å²) in [5, 5.41) is 3.00. The van der Waals surface area contributed by atoms with Crippen LogP contribution in [0.1, 0.15) is 30.9 Å². The Morgan fingerprint density at radius 2 is 2.17 bits per heavy atom. The van der Waals surface area contributed by atoms with E-state index < -0.39 is 0 Å². The second kappa shape index (κ2) is 4.52. The lowest BCUT2D eigenvalue weighted by Gasteiger charge is -2.13. The van der Waals surface area contributed by atoms with Crippen molar-refractivity contribution in [2.75, 3.05) is 18.5 Å². The molecule has 0 spiro atoms. The molecular formula is C14H17NO3. The molecular weight excluding hydrogens is 230 g/mol. The van der Waals surface area contributed by atoms with Crippen LogP contribution in [0.3, 0.4) is 0 Å². The summed E-state index contributed by atoms with van der Waals surface area (Å²) in [6, 6.07) is 2.06. The van der Waals surface area contributed by atoms with Crippen molar-refractivity contribution in [2.45, 2.75) is 32.6 Å². The summed E-state index contributed by atoms with van der Waals surface area (Å²) in [4.78, 5) is 11.8. The van der Waals surface area contributed by atoms with E-state index in [0.717, 1.165) is 47.6 Å². The Kier molecular flexibility index (Phi) is 2.86. The third-order valence-electron chi connectivity index (χ3n) is 3.39. The van der Waals surface area contributed by atoms with Gasteiger partial charge in [0.2, 0.25) is 5.91 Å². The van der Waals surface area contributed by atoms with E-state index >= 15 is 0 Å². The van der Waals surface area contributed by atoms with Gasteiger partial charge in [-0.05, 0) is 12.5 Å². The fourth-order valence-electron chi connectivity index (χ4n) is 2.55. The molecule has 3 rings (SSSR count). The second-order valence-corrected chi connectivity index (χ2v) is 4.71. The molecule has 0 fully saturated rings. The van der Waals surface area contributed by atoms with Gasteiger partial charge in [0.25, 0.3) is 0 Å². The molecule has 0 aliphatic carbocycles. The van der Waals surface area contributed by atoms with Crippen LogP contribution in [0.25, 0.3) is 0 Å². The highest BCUT2D eigenvalue weighted by Gasteiger charge is 2.27.